The Morgan fingerprint density at radius 2 is 1.68 bits per heavy atom. The van der Waals surface area contributed by atoms with Gasteiger partial charge in [-0.05, 0) is 62.2 Å². The number of anilines is 2. The zero-order chi connectivity index (χ0) is 25.0. The van der Waals surface area contributed by atoms with Gasteiger partial charge in [-0.25, -0.2) is 8.42 Å². The second kappa shape index (κ2) is 9.92. The zero-order valence-corrected chi connectivity index (χ0v) is 20.0. The van der Waals surface area contributed by atoms with E-state index in [9.17, 15) is 23.3 Å². The van der Waals surface area contributed by atoms with Gasteiger partial charge in [0.25, 0.3) is 5.69 Å². The predicted octanol–water partition coefficient (Wildman–Crippen LogP) is 4.41. The number of hydrogen-bond donors (Lipinski definition) is 2. The average molecular weight is 484 g/mol. The van der Waals surface area contributed by atoms with Gasteiger partial charge in [-0.1, -0.05) is 12.1 Å². The van der Waals surface area contributed by atoms with Gasteiger partial charge in [0.15, 0.2) is 0 Å². The van der Waals surface area contributed by atoms with Crippen LogP contribution in [-0.4, -0.2) is 32.9 Å². The van der Waals surface area contributed by atoms with Crippen molar-refractivity contribution in [1.82, 2.24) is 0 Å². The summed E-state index contributed by atoms with van der Waals surface area (Å²) in [6, 6.07) is 13.6. The van der Waals surface area contributed by atoms with Gasteiger partial charge in [0.05, 0.1) is 34.1 Å². The maximum atomic E-state index is 13.4. The minimum Gasteiger partial charge on any atom is -0.497 e. The van der Waals surface area contributed by atoms with E-state index in [1.807, 2.05) is 26.0 Å². The SMILES string of the molecule is COc1ccc(NCC(=O)Nc2ccc(C)c(C)c2)c(S(=O)(=O)c2ccc(C)c([N+](=O)[O-])c2)c1. The molecule has 3 rings (SSSR count). The first-order valence-electron chi connectivity index (χ1n) is 10.3. The van der Waals surface area contributed by atoms with Gasteiger partial charge < -0.3 is 15.4 Å². The van der Waals surface area contributed by atoms with E-state index in [4.69, 9.17) is 4.74 Å². The molecule has 0 aliphatic heterocycles. The Kier molecular flexibility index (Phi) is 7.21. The van der Waals surface area contributed by atoms with Gasteiger partial charge in [0, 0.05) is 23.4 Å². The number of nitro groups is 1. The molecule has 9 nitrogen and oxygen atoms in total. The van der Waals surface area contributed by atoms with E-state index in [-0.39, 0.29) is 39.4 Å². The number of amides is 1. The highest BCUT2D eigenvalue weighted by Gasteiger charge is 2.25. The van der Waals surface area contributed by atoms with Gasteiger partial charge in [0.1, 0.15) is 5.75 Å². The van der Waals surface area contributed by atoms with Gasteiger partial charge >= 0.3 is 0 Å². The lowest BCUT2D eigenvalue weighted by atomic mass is 10.1. The van der Waals surface area contributed by atoms with E-state index >= 15 is 0 Å². The van der Waals surface area contributed by atoms with Crippen LogP contribution >= 0.6 is 0 Å². The van der Waals surface area contributed by atoms with E-state index in [0.717, 1.165) is 17.2 Å². The standard InChI is InChI=1S/C24H25N3O6S/c1-15-5-7-18(11-17(15)3)26-24(28)14-25-21-10-8-19(33-4)12-23(21)34(31,32)20-9-6-16(2)22(13-20)27(29)30/h5-13,25H,14H2,1-4H3,(H,26,28). The first kappa shape index (κ1) is 24.7. The Balaban J connectivity index is 1.90. The number of sulfone groups is 1. The Morgan fingerprint density at radius 3 is 2.32 bits per heavy atom. The molecule has 0 saturated carbocycles. The molecule has 0 aromatic heterocycles. The maximum Gasteiger partial charge on any atom is 0.273 e. The third-order valence-corrected chi connectivity index (χ3v) is 7.19. The summed E-state index contributed by atoms with van der Waals surface area (Å²) in [6.07, 6.45) is 0. The number of nitro benzene ring substituents is 1. The first-order valence-corrected chi connectivity index (χ1v) is 11.8. The normalized spacial score (nSPS) is 11.1. The smallest absolute Gasteiger partial charge is 0.273 e. The molecule has 34 heavy (non-hydrogen) atoms. The highest BCUT2D eigenvalue weighted by molar-refractivity contribution is 7.91. The molecular formula is C24H25N3O6S. The number of aryl methyl sites for hydroxylation is 3. The molecule has 0 unspecified atom stereocenters. The Morgan fingerprint density at radius 1 is 0.971 bits per heavy atom. The molecule has 0 atom stereocenters. The number of hydrogen-bond acceptors (Lipinski definition) is 7. The summed E-state index contributed by atoms with van der Waals surface area (Å²) < 4.78 is 32.0. The van der Waals surface area contributed by atoms with Crippen molar-refractivity contribution in [2.75, 3.05) is 24.3 Å². The molecule has 0 bridgehead atoms. The molecule has 0 aliphatic rings. The van der Waals surface area contributed by atoms with Crippen LogP contribution in [0, 0.1) is 30.9 Å². The third-order valence-electron chi connectivity index (χ3n) is 5.40. The Bertz CT molecular complexity index is 1370. The maximum absolute atomic E-state index is 13.4. The predicted molar refractivity (Wildman–Crippen MR) is 129 cm³/mol. The van der Waals surface area contributed by atoms with Crippen LogP contribution < -0.4 is 15.4 Å². The van der Waals surface area contributed by atoms with Crippen LogP contribution in [0.25, 0.3) is 0 Å². The van der Waals surface area contributed by atoms with E-state index < -0.39 is 14.8 Å². The Labute approximate surface area is 197 Å². The zero-order valence-electron chi connectivity index (χ0n) is 19.2. The summed E-state index contributed by atoms with van der Waals surface area (Å²) >= 11 is 0. The molecular weight excluding hydrogens is 458 g/mol. The lowest BCUT2D eigenvalue weighted by Gasteiger charge is -2.15. The van der Waals surface area contributed by atoms with Crippen LogP contribution in [0.1, 0.15) is 16.7 Å². The lowest BCUT2D eigenvalue weighted by molar-refractivity contribution is -0.385. The number of methoxy groups -OCH3 is 1. The molecule has 2 N–H and O–H groups in total. The molecule has 10 heteroatoms. The van der Waals surface area contributed by atoms with Gasteiger partial charge in [-0.15, -0.1) is 0 Å². The van der Waals surface area contributed by atoms with E-state index in [2.05, 4.69) is 10.6 Å². The molecule has 0 saturated heterocycles. The molecule has 178 valence electrons. The summed E-state index contributed by atoms with van der Waals surface area (Å²) in [5.74, 6) is -0.0845. The number of nitrogens with one attached hydrogen (secondary N) is 2. The third kappa shape index (κ3) is 5.34. The van der Waals surface area contributed by atoms with Gasteiger partial charge in [-0.2, -0.15) is 0 Å². The van der Waals surface area contributed by atoms with Crippen molar-refractivity contribution in [3.05, 3.63) is 81.4 Å². The number of nitrogens with zero attached hydrogens (tertiary/aromatic N) is 1. The number of carbonyl (C=O) groups is 1. The van der Waals surface area contributed by atoms with E-state index in [1.165, 1.54) is 38.3 Å². The lowest BCUT2D eigenvalue weighted by Crippen LogP contribution is -2.22. The summed E-state index contributed by atoms with van der Waals surface area (Å²) in [5, 5.41) is 16.9. The fraction of sp³-hybridized carbons (Fsp3) is 0.208. The number of ether oxygens (including phenoxy) is 1. The van der Waals surface area contributed by atoms with Crippen molar-refractivity contribution >= 4 is 32.8 Å². The van der Waals surface area contributed by atoms with Crippen molar-refractivity contribution in [3.63, 3.8) is 0 Å². The highest BCUT2D eigenvalue weighted by Crippen LogP contribution is 2.33. The molecule has 3 aromatic carbocycles. The summed E-state index contributed by atoms with van der Waals surface area (Å²) in [4.78, 5) is 22.7. The van der Waals surface area contributed by atoms with E-state index in [0.29, 0.717) is 11.3 Å². The van der Waals surface area contributed by atoms with Crippen molar-refractivity contribution in [2.45, 2.75) is 30.6 Å². The highest BCUT2D eigenvalue weighted by atomic mass is 32.2. The summed E-state index contributed by atoms with van der Waals surface area (Å²) in [5.41, 5.74) is 2.97. The summed E-state index contributed by atoms with van der Waals surface area (Å²) in [7, 11) is -2.78. The van der Waals surface area contributed by atoms with E-state index in [1.54, 1.807) is 12.1 Å². The van der Waals surface area contributed by atoms with Crippen molar-refractivity contribution in [2.24, 2.45) is 0 Å². The van der Waals surface area contributed by atoms with Crippen LogP contribution in [0.2, 0.25) is 0 Å². The topological polar surface area (TPSA) is 128 Å². The fourth-order valence-electron chi connectivity index (χ4n) is 3.28. The van der Waals surface area contributed by atoms with Crippen LogP contribution in [-0.2, 0) is 14.6 Å². The average Bonchev–Trinajstić information content (AvgIpc) is 2.80. The largest absolute Gasteiger partial charge is 0.497 e. The molecule has 0 fully saturated rings. The first-order chi connectivity index (χ1) is 16.0. The number of carbonyl (C=O) groups excluding carboxylic acids is 1. The van der Waals surface area contributed by atoms with Crippen molar-refractivity contribution in [1.29, 1.82) is 0 Å². The summed E-state index contributed by atoms with van der Waals surface area (Å²) in [6.45, 7) is 5.24. The molecule has 0 aliphatic carbocycles. The van der Waals surface area contributed by atoms with Crippen LogP contribution in [0.15, 0.2) is 64.4 Å². The van der Waals surface area contributed by atoms with Gasteiger partial charge in [-0.3, -0.25) is 14.9 Å². The number of benzene rings is 3. The van der Waals surface area contributed by atoms with Crippen LogP contribution in [0.4, 0.5) is 17.1 Å². The minimum absolute atomic E-state index is 0.163. The molecule has 0 heterocycles. The quantitative estimate of drug-likeness (QED) is 0.359. The second-order valence-electron chi connectivity index (χ2n) is 7.77. The van der Waals surface area contributed by atoms with Gasteiger partial charge in [0.2, 0.25) is 15.7 Å². The number of rotatable bonds is 8. The van der Waals surface area contributed by atoms with Crippen molar-refractivity contribution in [3.8, 4) is 5.75 Å². The Hall–Kier alpha value is -3.92. The molecule has 0 radical (unpaired) electrons. The van der Waals surface area contributed by atoms with Crippen LogP contribution in [0.5, 0.6) is 5.75 Å². The molecule has 0 spiro atoms. The minimum atomic E-state index is -4.17. The van der Waals surface area contributed by atoms with Crippen molar-refractivity contribution < 1.29 is 22.9 Å². The molecule has 3 aromatic rings. The fourth-order valence-corrected chi connectivity index (χ4v) is 4.75. The monoisotopic (exact) mass is 483 g/mol. The second-order valence-corrected chi connectivity index (χ2v) is 9.69. The van der Waals surface area contributed by atoms with Crippen LogP contribution in [0.3, 0.4) is 0 Å². The molecule has 1 amide bonds.